The van der Waals surface area contributed by atoms with Gasteiger partial charge in [-0.05, 0) is 33.6 Å². The van der Waals surface area contributed by atoms with E-state index in [1.165, 1.54) is 0 Å². The minimum absolute atomic E-state index is 0.188. The monoisotopic (exact) mass is 924 g/mol. The zero-order chi connectivity index (χ0) is 45.5. The Labute approximate surface area is 398 Å². The zero-order valence-electron chi connectivity index (χ0n) is 37.8. The quantitative estimate of drug-likeness (QED) is 0.0691. The normalized spacial score (nSPS) is 27.3. The number of rotatable bonds is 21. The molecule has 6 aromatic rings. The predicted molar refractivity (Wildman–Crippen MR) is 257 cm³/mol. The van der Waals surface area contributed by atoms with E-state index in [4.69, 9.17) is 47.4 Å². The van der Waals surface area contributed by atoms with Crippen LogP contribution in [0.4, 0.5) is 0 Å². The minimum Gasteiger partial charge on any atom is -0.374 e. The topological polar surface area (TPSA) is 92.3 Å². The molecule has 0 amide bonds. The fourth-order valence-corrected chi connectivity index (χ4v) is 9.71. The van der Waals surface area contributed by atoms with E-state index in [-0.39, 0.29) is 13.2 Å². The third-order valence-electron chi connectivity index (χ3n) is 12.1. The molecule has 10 nitrogen and oxygen atoms in total. The fourth-order valence-electron chi connectivity index (χ4n) is 8.73. The molecule has 9 rings (SSSR count). The highest BCUT2D eigenvalue weighted by molar-refractivity contribution is 7.99. The van der Waals surface area contributed by atoms with Crippen LogP contribution in [0.5, 0.6) is 0 Å². The molecule has 67 heavy (non-hydrogen) atoms. The second-order valence-electron chi connectivity index (χ2n) is 16.9. The number of benzene rings is 6. The standard InChI is InChI=1S/C56H60O10S/c1-2-67-56-53(61-37-44-29-17-7-18-30-44)51(49-47(64-56)39-62-54(65-49)45-31-19-8-20-32-45)66-55-52(60-36-43-27-15-6-16-28-43)50(59-35-42-25-13-5-14-26-42)48(58-34-41-23-11-4-12-24-41)46(63-55)38-57-33-40-21-9-3-10-22-40/h3-32,46-56H,2,33-39H2,1H3/t46-,47-,48-,49-,50+,51+,52-,53-,54-,55-,56+/m1/s1. The van der Waals surface area contributed by atoms with Crippen LogP contribution in [0.25, 0.3) is 0 Å². The Morgan fingerprint density at radius 1 is 0.463 bits per heavy atom. The van der Waals surface area contributed by atoms with E-state index in [1.54, 1.807) is 11.8 Å². The van der Waals surface area contributed by atoms with Crippen molar-refractivity contribution in [1.29, 1.82) is 0 Å². The SMILES string of the molecule is CCS[C@@H]1O[C@@H]2CO[C@@H](c3ccccc3)O[C@H]2[C@H](O[C@H]2O[C@H](COCc3ccccc3)[C@@H](OCc3ccccc3)[C@H](OCc3ccccc3)[C@H]2OCc2ccccc2)[C@H]1OCc1ccccc1. The molecule has 350 valence electrons. The molecule has 0 spiro atoms. The van der Waals surface area contributed by atoms with Crippen molar-refractivity contribution in [3.05, 3.63) is 215 Å². The molecule has 6 aromatic carbocycles. The van der Waals surface area contributed by atoms with Crippen LogP contribution in [0.1, 0.15) is 46.6 Å². The van der Waals surface area contributed by atoms with Gasteiger partial charge in [0.05, 0.1) is 46.2 Å². The molecule has 0 unspecified atom stereocenters. The molecule has 3 saturated heterocycles. The Morgan fingerprint density at radius 3 is 1.42 bits per heavy atom. The summed E-state index contributed by atoms with van der Waals surface area (Å²) in [5.41, 5.74) is 5.58. The second-order valence-corrected chi connectivity index (χ2v) is 18.2. The van der Waals surface area contributed by atoms with Crippen LogP contribution in [0.15, 0.2) is 182 Å². The first-order valence-corrected chi connectivity index (χ1v) is 24.4. The van der Waals surface area contributed by atoms with Gasteiger partial charge in [0.2, 0.25) is 0 Å². The summed E-state index contributed by atoms with van der Waals surface area (Å²) in [5, 5.41) is 0. The Bertz CT molecular complexity index is 2300. The third-order valence-corrected chi connectivity index (χ3v) is 13.1. The average molecular weight is 925 g/mol. The lowest BCUT2D eigenvalue weighted by molar-refractivity contribution is -0.378. The van der Waals surface area contributed by atoms with Gasteiger partial charge in [0.15, 0.2) is 12.6 Å². The number of hydrogen-bond acceptors (Lipinski definition) is 11. The minimum atomic E-state index is -1.01. The molecule has 3 fully saturated rings. The van der Waals surface area contributed by atoms with Crippen molar-refractivity contribution < 1.29 is 47.4 Å². The number of hydrogen-bond donors (Lipinski definition) is 0. The van der Waals surface area contributed by atoms with Crippen LogP contribution in [0.3, 0.4) is 0 Å². The summed E-state index contributed by atoms with van der Waals surface area (Å²) < 4.78 is 69.5. The van der Waals surface area contributed by atoms with Gasteiger partial charge in [0, 0.05) is 5.56 Å². The van der Waals surface area contributed by atoms with Gasteiger partial charge in [-0.2, -0.15) is 0 Å². The van der Waals surface area contributed by atoms with Gasteiger partial charge in [0.25, 0.3) is 0 Å². The van der Waals surface area contributed by atoms with E-state index in [1.807, 2.05) is 133 Å². The van der Waals surface area contributed by atoms with Crippen molar-refractivity contribution in [2.75, 3.05) is 19.0 Å². The van der Waals surface area contributed by atoms with E-state index in [2.05, 4.69) is 55.5 Å². The predicted octanol–water partition coefficient (Wildman–Crippen LogP) is 10.2. The molecule has 3 heterocycles. The zero-order valence-corrected chi connectivity index (χ0v) is 38.6. The van der Waals surface area contributed by atoms with Crippen LogP contribution >= 0.6 is 11.8 Å². The number of thioether (sulfide) groups is 1. The van der Waals surface area contributed by atoms with Gasteiger partial charge >= 0.3 is 0 Å². The van der Waals surface area contributed by atoms with E-state index < -0.39 is 66.8 Å². The van der Waals surface area contributed by atoms with E-state index >= 15 is 0 Å². The summed E-state index contributed by atoms with van der Waals surface area (Å²) >= 11 is 1.67. The van der Waals surface area contributed by atoms with Gasteiger partial charge in [0.1, 0.15) is 54.3 Å². The summed E-state index contributed by atoms with van der Waals surface area (Å²) in [6.07, 6.45) is -6.83. The van der Waals surface area contributed by atoms with Crippen LogP contribution in [-0.4, -0.2) is 79.5 Å². The third kappa shape index (κ3) is 12.9. The molecule has 3 aliphatic rings. The van der Waals surface area contributed by atoms with Crippen molar-refractivity contribution >= 4 is 11.8 Å². The molecule has 0 radical (unpaired) electrons. The van der Waals surface area contributed by atoms with E-state index in [0.29, 0.717) is 33.0 Å². The van der Waals surface area contributed by atoms with Crippen LogP contribution in [-0.2, 0) is 80.4 Å². The highest BCUT2D eigenvalue weighted by Crippen LogP contribution is 2.42. The van der Waals surface area contributed by atoms with Crippen molar-refractivity contribution in [3.63, 3.8) is 0 Å². The van der Waals surface area contributed by atoms with Crippen LogP contribution in [0.2, 0.25) is 0 Å². The van der Waals surface area contributed by atoms with Gasteiger partial charge in [-0.15, -0.1) is 11.8 Å². The van der Waals surface area contributed by atoms with Gasteiger partial charge in [-0.1, -0.05) is 189 Å². The Hall–Kier alpha value is -4.73. The first kappa shape index (κ1) is 47.3. The molecule has 0 aliphatic carbocycles. The number of fused-ring (bicyclic) bond motifs is 1. The molecular formula is C56H60O10S. The van der Waals surface area contributed by atoms with Gasteiger partial charge in [-0.3, -0.25) is 0 Å². The Morgan fingerprint density at radius 2 is 0.910 bits per heavy atom. The van der Waals surface area contributed by atoms with Gasteiger partial charge < -0.3 is 47.4 Å². The molecule has 0 bridgehead atoms. The maximum atomic E-state index is 7.52. The second kappa shape index (κ2) is 24.5. The molecule has 11 heteroatoms. The largest absolute Gasteiger partial charge is 0.374 e. The van der Waals surface area contributed by atoms with E-state index in [0.717, 1.165) is 39.1 Å². The van der Waals surface area contributed by atoms with Crippen molar-refractivity contribution in [2.24, 2.45) is 0 Å². The molecular weight excluding hydrogens is 865 g/mol. The first-order valence-electron chi connectivity index (χ1n) is 23.3. The first-order chi connectivity index (χ1) is 33.2. The lowest BCUT2D eigenvalue weighted by Gasteiger charge is -2.52. The van der Waals surface area contributed by atoms with Crippen molar-refractivity contribution in [2.45, 2.75) is 107 Å². The van der Waals surface area contributed by atoms with Crippen molar-refractivity contribution in [1.82, 2.24) is 0 Å². The van der Waals surface area contributed by atoms with Crippen LogP contribution in [0, 0.1) is 0 Å². The average Bonchev–Trinajstić information content (AvgIpc) is 3.39. The summed E-state index contributed by atoms with van der Waals surface area (Å²) in [6, 6.07) is 60.6. The molecule has 3 aliphatic heterocycles. The van der Waals surface area contributed by atoms with Gasteiger partial charge in [-0.25, -0.2) is 0 Å². The highest BCUT2D eigenvalue weighted by Gasteiger charge is 2.56. The Kier molecular flexibility index (Phi) is 17.3. The summed E-state index contributed by atoms with van der Waals surface area (Å²) in [5.74, 6) is 0.785. The number of ether oxygens (including phenoxy) is 10. The van der Waals surface area contributed by atoms with Crippen molar-refractivity contribution in [3.8, 4) is 0 Å². The van der Waals surface area contributed by atoms with E-state index in [9.17, 15) is 0 Å². The fraction of sp³-hybridized carbons (Fsp3) is 0.357. The maximum absolute atomic E-state index is 7.52. The molecule has 11 atom stereocenters. The highest BCUT2D eigenvalue weighted by atomic mass is 32.2. The summed E-state index contributed by atoms with van der Waals surface area (Å²) in [7, 11) is 0. The molecule has 0 saturated carbocycles. The van der Waals surface area contributed by atoms with Crippen LogP contribution < -0.4 is 0 Å². The summed E-state index contributed by atoms with van der Waals surface area (Å²) in [4.78, 5) is 0. The smallest absolute Gasteiger partial charge is 0.187 e. The lowest BCUT2D eigenvalue weighted by Crippen LogP contribution is -2.67. The Balaban J connectivity index is 1.10. The maximum Gasteiger partial charge on any atom is 0.187 e. The molecule has 0 aromatic heterocycles. The lowest BCUT2D eigenvalue weighted by atomic mass is 9.95. The molecule has 0 N–H and O–H groups in total. The summed E-state index contributed by atoms with van der Waals surface area (Å²) in [6.45, 7) is 4.19.